The van der Waals surface area contributed by atoms with E-state index in [1.807, 2.05) is 13.8 Å². The molecule has 2 rings (SSSR count). The number of aliphatic hydroxyl groups is 1. The van der Waals surface area contributed by atoms with Crippen LogP contribution in [0.2, 0.25) is 0 Å². The van der Waals surface area contributed by atoms with Crippen LogP contribution in [0.5, 0.6) is 0 Å². The third kappa shape index (κ3) is 2.22. The van der Waals surface area contributed by atoms with Crippen LogP contribution in [0.3, 0.4) is 0 Å². The molecule has 0 saturated carbocycles. The number of rotatable bonds is 3. The van der Waals surface area contributed by atoms with E-state index in [1.54, 1.807) is 18.2 Å². The van der Waals surface area contributed by atoms with Crippen molar-refractivity contribution in [3.05, 3.63) is 41.7 Å². The number of benzene rings is 1. The Morgan fingerprint density at radius 1 is 1.35 bits per heavy atom. The zero-order valence-corrected chi connectivity index (χ0v) is 9.77. The summed E-state index contributed by atoms with van der Waals surface area (Å²) in [5.74, 6) is 0.552. The van der Waals surface area contributed by atoms with E-state index in [4.69, 9.17) is 9.52 Å². The summed E-state index contributed by atoms with van der Waals surface area (Å²) < 4.78 is 19.1. The number of hydrogen-bond donors (Lipinski definition) is 1. The molecule has 17 heavy (non-hydrogen) atoms. The highest BCUT2D eigenvalue weighted by molar-refractivity contribution is 5.62. The van der Waals surface area contributed by atoms with Crippen molar-refractivity contribution in [2.45, 2.75) is 26.4 Å². The molecule has 0 aliphatic heterocycles. The molecule has 0 bridgehead atoms. The Kier molecular flexibility index (Phi) is 3.24. The van der Waals surface area contributed by atoms with E-state index in [-0.39, 0.29) is 24.2 Å². The van der Waals surface area contributed by atoms with E-state index >= 15 is 0 Å². The molecule has 1 aromatic heterocycles. The number of nitrogens with zero attached hydrogens (tertiary/aromatic N) is 1. The van der Waals surface area contributed by atoms with Crippen molar-refractivity contribution in [3.63, 3.8) is 0 Å². The first kappa shape index (κ1) is 11.8. The van der Waals surface area contributed by atoms with Gasteiger partial charge in [-0.1, -0.05) is 26.0 Å². The van der Waals surface area contributed by atoms with E-state index < -0.39 is 0 Å². The van der Waals surface area contributed by atoms with E-state index in [0.29, 0.717) is 17.0 Å². The Morgan fingerprint density at radius 3 is 2.65 bits per heavy atom. The van der Waals surface area contributed by atoms with Crippen LogP contribution in [-0.4, -0.2) is 10.1 Å². The fourth-order valence-corrected chi connectivity index (χ4v) is 1.68. The molecule has 0 fully saturated rings. The number of aromatic nitrogens is 1. The van der Waals surface area contributed by atoms with E-state index in [9.17, 15) is 4.39 Å². The minimum atomic E-state index is -0.341. The Morgan fingerprint density at radius 2 is 2.06 bits per heavy atom. The van der Waals surface area contributed by atoms with Gasteiger partial charge in [0.25, 0.3) is 0 Å². The molecule has 90 valence electrons. The van der Waals surface area contributed by atoms with Crippen LogP contribution in [0.4, 0.5) is 4.39 Å². The van der Waals surface area contributed by atoms with Crippen LogP contribution in [0, 0.1) is 5.82 Å². The van der Waals surface area contributed by atoms with Crippen LogP contribution >= 0.6 is 0 Å². The minimum absolute atomic E-state index is 0.0809. The first-order chi connectivity index (χ1) is 8.13. The van der Waals surface area contributed by atoms with E-state index in [2.05, 4.69) is 4.98 Å². The molecule has 2 aromatic rings. The molecule has 0 spiro atoms. The normalized spacial score (nSPS) is 11.1. The topological polar surface area (TPSA) is 46.3 Å². The molecule has 1 N–H and O–H groups in total. The summed E-state index contributed by atoms with van der Waals surface area (Å²) >= 11 is 0. The lowest BCUT2D eigenvalue weighted by atomic mass is 10.0. The number of aliphatic hydroxyl groups excluding tert-OH is 1. The average Bonchev–Trinajstić information content (AvgIpc) is 2.73. The van der Waals surface area contributed by atoms with Crippen LogP contribution in [-0.2, 0) is 6.61 Å². The zero-order chi connectivity index (χ0) is 12.4. The maximum absolute atomic E-state index is 13.7. The fourth-order valence-electron chi connectivity index (χ4n) is 1.68. The van der Waals surface area contributed by atoms with Gasteiger partial charge in [-0.05, 0) is 12.1 Å². The van der Waals surface area contributed by atoms with Gasteiger partial charge in [0.1, 0.15) is 23.9 Å². The van der Waals surface area contributed by atoms with Gasteiger partial charge in [0.05, 0.1) is 0 Å². The predicted octanol–water partition coefficient (Wildman–Crippen LogP) is 3.10. The second-order valence-corrected chi connectivity index (χ2v) is 4.11. The highest BCUT2D eigenvalue weighted by Crippen LogP contribution is 2.31. The van der Waals surface area contributed by atoms with Crippen molar-refractivity contribution >= 4 is 0 Å². The second-order valence-electron chi connectivity index (χ2n) is 4.11. The summed E-state index contributed by atoms with van der Waals surface area (Å²) in [4.78, 5) is 4.12. The molecule has 1 heterocycles. The molecule has 0 amide bonds. The van der Waals surface area contributed by atoms with Crippen LogP contribution in [0.15, 0.2) is 28.7 Å². The largest absolute Gasteiger partial charge is 0.442 e. The van der Waals surface area contributed by atoms with Gasteiger partial charge in [0.15, 0.2) is 0 Å². The number of hydrogen-bond acceptors (Lipinski definition) is 3. The van der Waals surface area contributed by atoms with Crippen LogP contribution in [0.25, 0.3) is 11.3 Å². The highest BCUT2D eigenvalue weighted by Gasteiger charge is 2.19. The van der Waals surface area contributed by atoms with Gasteiger partial charge in [0.2, 0.25) is 5.89 Å². The first-order valence-corrected chi connectivity index (χ1v) is 5.48. The molecule has 0 saturated heterocycles. The quantitative estimate of drug-likeness (QED) is 0.889. The Bertz CT molecular complexity index is 520. The molecule has 0 unspecified atom stereocenters. The van der Waals surface area contributed by atoms with Crippen molar-refractivity contribution in [1.82, 2.24) is 4.98 Å². The Labute approximate surface area is 98.9 Å². The highest BCUT2D eigenvalue weighted by atomic mass is 19.1. The summed E-state index contributed by atoms with van der Waals surface area (Å²) in [6, 6.07) is 6.41. The standard InChI is InChI=1S/C13H14FNO2/c1-8(2)13-12(15-11(7-16)17-13)9-5-3-4-6-10(9)14/h3-6,8,16H,7H2,1-2H3. The Balaban J connectivity index is 2.58. The average molecular weight is 235 g/mol. The predicted molar refractivity (Wildman–Crippen MR) is 61.9 cm³/mol. The SMILES string of the molecule is CC(C)c1oc(CO)nc1-c1ccccc1F. The Hall–Kier alpha value is -1.68. The second kappa shape index (κ2) is 4.67. The monoisotopic (exact) mass is 235 g/mol. The smallest absolute Gasteiger partial charge is 0.220 e. The van der Waals surface area contributed by atoms with E-state index in [1.165, 1.54) is 6.07 Å². The number of halogens is 1. The lowest BCUT2D eigenvalue weighted by Gasteiger charge is -2.04. The molecule has 0 radical (unpaired) electrons. The molecule has 0 aliphatic carbocycles. The van der Waals surface area contributed by atoms with E-state index in [0.717, 1.165) is 0 Å². The van der Waals surface area contributed by atoms with Crippen molar-refractivity contribution < 1.29 is 13.9 Å². The molecule has 1 aromatic carbocycles. The molecule has 4 heteroatoms. The summed E-state index contributed by atoms with van der Waals surface area (Å²) in [6.07, 6.45) is 0. The van der Waals surface area contributed by atoms with Crippen LogP contribution < -0.4 is 0 Å². The van der Waals surface area contributed by atoms with Gasteiger partial charge in [-0.3, -0.25) is 0 Å². The summed E-state index contributed by atoms with van der Waals surface area (Å²) in [5, 5.41) is 9.02. The van der Waals surface area contributed by atoms with Crippen molar-refractivity contribution in [2.24, 2.45) is 0 Å². The van der Waals surface area contributed by atoms with Crippen LogP contribution in [0.1, 0.15) is 31.4 Å². The molecule has 0 aliphatic rings. The van der Waals surface area contributed by atoms with Crippen molar-refractivity contribution in [1.29, 1.82) is 0 Å². The number of oxazole rings is 1. The van der Waals surface area contributed by atoms with Gasteiger partial charge in [-0.2, -0.15) is 0 Å². The van der Waals surface area contributed by atoms with Gasteiger partial charge < -0.3 is 9.52 Å². The lowest BCUT2D eigenvalue weighted by Crippen LogP contribution is -1.91. The third-order valence-electron chi connectivity index (χ3n) is 2.49. The molecule has 0 atom stereocenters. The maximum atomic E-state index is 13.7. The van der Waals surface area contributed by atoms with Crippen molar-refractivity contribution in [3.8, 4) is 11.3 Å². The maximum Gasteiger partial charge on any atom is 0.220 e. The fraction of sp³-hybridized carbons (Fsp3) is 0.308. The molecular formula is C13H14FNO2. The van der Waals surface area contributed by atoms with Gasteiger partial charge in [0, 0.05) is 11.5 Å². The lowest BCUT2D eigenvalue weighted by molar-refractivity contribution is 0.235. The van der Waals surface area contributed by atoms with Gasteiger partial charge in [-0.15, -0.1) is 0 Å². The van der Waals surface area contributed by atoms with Gasteiger partial charge in [-0.25, -0.2) is 9.37 Å². The molecular weight excluding hydrogens is 221 g/mol. The zero-order valence-electron chi connectivity index (χ0n) is 9.77. The third-order valence-corrected chi connectivity index (χ3v) is 2.49. The first-order valence-electron chi connectivity index (χ1n) is 5.48. The summed E-state index contributed by atoms with van der Waals surface area (Å²) in [5.41, 5.74) is 0.877. The van der Waals surface area contributed by atoms with Crippen molar-refractivity contribution in [2.75, 3.05) is 0 Å². The summed E-state index contributed by atoms with van der Waals surface area (Å²) in [7, 11) is 0. The van der Waals surface area contributed by atoms with Gasteiger partial charge >= 0.3 is 0 Å². The minimum Gasteiger partial charge on any atom is -0.442 e. The summed E-state index contributed by atoms with van der Waals surface area (Å²) in [6.45, 7) is 3.59. The molecule has 3 nitrogen and oxygen atoms in total.